The number of aryl methyl sites for hydroxylation is 2. The lowest BCUT2D eigenvalue weighted by atomic mass is 9.96. The second kappa shape index (κ2) is 3.66. The van der Waals surface area contributed by atoms with E-state index in [1.165, 1.54) is 11.3 Å². The first-order valence-corrected chi connectivity index (χ1v) is 6.90. The van der Waals surface area contributed by atoms with E-state index in [9.17, 15) is 4.79 Å². The van der Waals surface area contributed by atoms with Crippen LogP contribution in [0.4, 0.5) is 0 Å². The molecule has 1 aromatic heterocycles. The number of rotatable bonds is 3. The number of fused-ring (bicyclic) bond motifs is 1. The minimum absolute atomic E-state index is 0.355. The van der Waals surface area contributed by atoms with Gasteiger partial charge in [-0.3, -0.25) is 4.79 Å². The van der Waals surface area contributed by atoms with Gasteiger partial charge in [-0.15, -0.1) is 11.3 Å². The molecule has 0 amide bonds. The number of aromatic nitrogens is 1. The van der Waals surface area contributed by atoms with E-state index >= 15 is 0 Å². The van der Waals surface area contributed by atoms with E-state index in [1.807, 2.05) is 6.92 Å². The van der Waals surface area contributed by atoms with Crippen LogP contribution in [0.2, 0.25) is 0 Å². The van der Waals surface area contributed by atoms with Crippen LogP contribution in [0, 0.1) is 31.6 Å². The zero-order chi connectivity index (χ0) is 11.3. The zero-order valence-corrected chi connectivity index (χ0v) is 10.6. The SMILES string of the molecule is Cc1nc(CC(=O)C2CC3CC3C2)sc1C. The van der Waals surface area contributed by atoms with E-state index in [-0.39, 0.29) is 0 Å². The Hall–Kier alpha value is -0.700. The molecule has 3 rings (SSSR count). The summed E-state index contributed by atoms with van der Waals surface area (Å²) in [7, 11) is 0. The maximum Gasteiger partial charge on any atom is 0.142 e. The molecule has 16 heavy (non-hydrogen) atoms. The van der Waals surface area contributed by atoms with E-state index in [0.29, 0.717) is 18.1 Å². The van der Waals surface area contributed by atoms with Crippen LogP contribution < -0.4 is 0 Å². The van der Waals surface area contributed by atoms with Gasteiger partial charge in [-0.05, 0) is 44.9 Å². The molecule has 2 nitrogen and oxygen atoms in total. The Morgan fingerprint density at radius 3 is 2.56 bits per heavy atom. The Kier molecular flexibility index (Phi) is 2.39. The Labute approximate surface area is 100 Å². The van der Waals surface area contributed by atoms with Crippen molar-refractivity contribution in [1.29, 1.82) is 0 Å². The van der Waals surface area contributed by atoms with E-state index in [1.54, 1.807) is 11.3 Å². The summed E-state index contributed by atoms with van der Waals surface area (Å²) in [4.78, 5) is 17.8. The van der Waals surface area contributed by atoms with E-state index in [2.05, 4.69) is 11.9 Å². The lowest BCUT2D eigenvalue weighted by Gasteiger charge is -2.08. The third kappa shape index (κ3) is 1.81. The fourth-order valence-electron chi connectivity index (χ4n) is 2.89. The molecule has 2 saturated carbocycles. The smallest absolute Gasteiger partial charge is 0.142 e. The highest BCUT2D eigenvalue weighted by molar-refractivity contribution is 7.11. The highest BCUT2D eigenvalue weighted by Gasteiger charge is 2.47. The monoisotopic (exact) mass is 235 g/mol. The number of nitrogens with zero attached hydrogens (tertiary/aromatic N) is 1. The topological polar surface area (TPSA) is 30.0 Å². The van der Waals surface area contributed by atoms with Crippen LogP contribution in [0.15, 0.2) is 0 Å². The van der Waals surface area contributed by atoms with Crippen LogP contribution in [0.3, 0.4) is 0 Å². The fourth-order valence-corrected chi connectivity index (χ4v) is 3.83. The third-order valence-electron chi connectivity index (χ3n) is 4.10. The van der Waals surface area contributed by atoms with Crippen molar-refractivity contribution in [2.24, 2.45) is 17.8 Å². The number of hydrogen-bond acceptors (Lipinski definition) is 3. The Morgan fingerprint density at radius 2 is 2.00 bits per heavy atom. The van der Waals surface area contributed by atoms with Gasteiger partial charge in [0.05, 0.1) is 12.1 Å². The molecule has 2 aliphatic rings. The number of thiazole rings is 1. The molecule has 0 saturated heterocycles. The van der Waals surface area contributed by atoms with Crippen LogP contribution in [-0.2, 0) is 11.2 Å². The van der Waals surface area contributed by atoms with Gasteiger partial charge >= 0.3 is 0 Å². The van der Waals surface area contributed by atoms with Crippen molar-refractivity contribution in [2.75, 3.05) is 0 Å². The van der Waals surface area contributed by atoms with Gasteiger partial charge in [-0.1, -0.05) is 0 Å². The molecule has 0 N–H and O–H groups in total. The number of Topliss-reactive ketones (excluding diaryl/α,β-unsaturated/α-hetero) is 1. The summed E-state index contributed by atoms with van der Waals surface area (Å²) in [5.74, 6) is 2.58. The van der Waals surface area contributed by atoms with Gasteiger partial charge < -0.3 is 0 Å². The van der Waals surface area contributed by atoms with Crippen LogP contribution in [0.1, 0.15) is 34.8 Å². The molecule has 0 aliphatic heterocycles. The number of ketones is 1. The summed E-state index contributed by atoms with van der Waals surface area (Å²) in [6, 6.07) is 0. The minimum atomic E-state index is 0.355. The van der Waals surface area contributed by atoms with Crippen LogP contribution in [0.25, 0.3) is 0 Å². The Balaban J connectivity index is 1.63. The molecule has 0 aromatic carbocycles. The molecule has 1 heterocycles. The summed E-state index contributed by atoms with van der Waals surface area (Å²) < 4.78 is 0. The molecule has 3 heteroatoms. The van der Waals surface area contributed by atoms with Gasteiger partial charge in [0, 0.05) is 10.8 Å². The first kappa shape index (κ1) is 10.5. The molecule has 86 valence electrons. The predicted molar refractivity (Wildman–Crippen MR) is 64.6 cm³/mol. The molecule has 1 aromatic rings. The predicted octanol–water partition coefficient (Wildman–Crippen LogP) is 2.92. The summed E-state index contributed by atoms with van der Waals surface area (Å²) in [6.07, 6.45) is 4.28. The quantitative estimate of drug-likeness (QED) is 0.806. The van der Waals surface area contributed by atoms with Crippen molar-refractivity contribution < 1.29 is 4.79 Å². The average Bonchev–Trinajstić information content (AvgIpc) is 2.71. The van der Waals surface area contributed by atoms with Crippen molar-refractivity contribution in [3.05, 3.63) is 15.6 Å². The van der Waals surface area contributed by atoms with Crippen molar-refractivity contribution in [3.8, 4) is 0 Å². The maximum atomic E-state index is 12.1. The summed E-state index contributed by atoms with van der Waals surface area (Å²) in [5, 5.41) is 1.01. The minimum Gasteiger partial charge on any atom is -0.299 e. The molecule has 0 spiro atoms. The summed E-state index contributed by atoms with van der Waals surface area (Å²) >= 11 is 1.68. The Bertz CT molecular complexity index is 408. The van der Waals surface area contributed by atoms with E-state index in [4.69, 9.17) is 0 Å². The van der Waals surface area contributed by atoms with Crippen LogP contribution >= 0.6 is 11.3 Å². The standard InChI is InChI=1S/C13H17NOS/c1-7-8(2)16-13(14-7)6-12(15)11-4-9-3-10(9)5-11/h9-11H,3-6H2,1-2H3. The lowest BCUT2D eigenvalue weighted by Crippen LogP contribution is -2.15. The summed E-state index contributed by atoms with van der Waals surface area (Å²) in [5.41, 5.74) is 1.09. The van der Waals surface area contributed by atoms with Crippen molar-refractivity contribution in [2.45, 2.75) is 39.5 Å². The molecule has 0 radical (unpaired) electrons. The average molecular weight is 235 g/mol. The van der Waals surface area contributed by atoms with Gasteiger partial charge in [0.25, 0.3) is 0 Å². The molecular formula is C13H17NOS. The number of carbonyl (C=O) groups excluding carboxylic acids is 1. The second-order valence-corrected chi connectivity index (χ2v) is 6.60. The Morgan fingerprint density at radius 1 is 1.31 bits per heavy atom. The van der Waals surface area contributed by atoms with Crippen LogP contribution in [-0.4, -0.2) is 10.8 Å². The van der Waals surface area contributed by atoms with E-state index in [0.717, 1.165) is 35.4 Å². The molecule has 2 atom stereocenters. The molecule has 0 bridgehead atoms. The lowest BCUT2D eigenvalue weighted by molar-refractivity contribution is -0.122. The zero-order valence-electron chi connectivity index (χ0n) is 9.82. The first-order valence-electron chi connectivity index (χ1n) is 6.09. The van der Waals surface area contributed by atoms with Gasteiger partial charge in [-0.25, -0.2) is 4.98 Å². The third-order valence-corrected chi connectivity index (χ3v) is 5.17. The maximum absolute atomic E-state index is 12.1. The van der Waals surface area contributed by atoms with Gasteiger partial charge in [-0.2, -0.15) is 0 Å². The van der Waals surface area contributed by atoms with Crippen LogP contribution in [0.5, 0.6) is 0 Å². The van der Waals surface area contributed by atoms with Crippen molar-refractivity contribution in [1.82, 2.24) is 4.98 Å². The number of hydrogen-bond donors (Lipinski definition) is 0. The fraction of sp³-hybridized carbons (Fsp3) is 0.692. The van der Waals surface area contributed by atoms with Gasteiger partial charge in [0.1, 0.15) is 10.8 Å². The van der Waals surface area contributed by atoms with E-state index < -0.39 is 0 Å². The number of carbonyl (C=O) groups is 1. The largest absolute Gasteiger partial charge is 0.299 e. The highest BCUT2D eigenvalue weighted by atomic mass is 32.1. The molecule has 2 aliphatic carbocycles. The van der Waals surface area contributed by atoms with Crippen molar-refractivity contribution >= 4 is 17.1 Å². The van der Waals surface area contributed by atoms with Gasteiger partial charge in [0.2, 0.25) is 0 Å². The summed E-state index contributed by atoms with van der Waals surface area (Å²) in [6.45, 7) is 4.09. The second-order valence-electron chi connectivity index (χ2n) is 5.32. The first-order chi connectivity index (χ1) is 7.63. The highest BCUT2D eigenvalue weighted by Crippen LogP contribution is 2.54. The van der Waals surface area contributed by atoms with Crippen molar-refractivity contribution in [3.63, 3.8) is 0 Å². The molecule has 2 fully saturated rings. The molecular weight excluding hydrogens is 218 g/mol. The van der Waals surface area contributed by atoms with Gasteiger partial charge in [0.15, 0.2) is 0 Å². The normalized spacial score (nSPS) is 31.5. The molecule has 2 unspecified atom stereocenters.